The second-order valence-electron chi connectivity index (χ2n) is 8.47. The Bertz CT molecular complexity index is 1200. The number of carbonyl (C=O) groups is 2. The van der Waals surface area contributed by atoms with Crippen molar-refractivity contribution in [3.63, 3.8) is 0 Å². The number of hydrogen-bond acceptors (Lipinski definition) is 3. The average Bonchev–Trinajstić information content (AvgIpc) is 3.01. The van der Waals surface area contributed by atoms with Gasteiger partial charge in [0, 0.05) is 0 Å². The minimum absolute atomic E-state index is 0.134. The van der Waals surface area contributed by atoms with E-state index in [0.717, 1.165) is 34.9 Å². The van der Waals surface area contributed by atoms with Gasteiger partial charge in [0.25, 0.3) is 5.24 Å². The van der Waals surface area contributed by atoms with Crippen molar-refractivity contribution in [1.82, 2.24) is 0 Å². The molecule has 1 aliphatic rings. The minimum atomic E-state index is -0.413. The Kier molecular flexibility index (Phi) is 6.61. The number of imide groups is 1. The van der Waals surface area contributed by atoms with E-state index in [-0.39, 0.29) is 11.1 Å². The van der Waals surface area contributed by atoms with Gasteiger partial charge in [-0.25, -0.2) is 4.90 Å². The molecule has 0 bridgehead atoms. The summed E-state index contributed by atoms with van der Waals surface area (Å²) in [5.74, 6) is -0.134. The fourth-order valence-corrected chi connectivity index (χ4v) is 5.14. The van der Waals surface area contributed by atoms with Gasteiger partial charge in [0.05, 0.1) is 10.9 Å². The van der Waals surface area contributed by atoms with Crippen molar-refractivity contribution in [3.05, 3.63) is 106 Å². The number of nitrogens with zero attached hydrogens (tertiary/aromatic N) is 1. The molecule has 0 radical (unpaired) electrons. The van der Waals surface area contributed by atoms with E-state index in [1.807, 2.05) is 37.3 Å². The van der Waals surface area contributed by atoms with Crippen LogP contribution < -0.4 is 4.90 Å². The Labute approximate surface area is 194 Å². The van der Waals surface area contributed by atoms with Gasteiger partial charge in [-0.2, -0.15) is 0 Å². The van der Waals surface area contributed by atoms with E-state index < -0.39 is 5.25 Å². The van der Waals surface area contributed by atoms with Gasteiger partial charge in [0.15, 0.2) is 0 Å². The summed E-state index contributed by atoms with van der Waals surface area (Å²) in [6.07, 6.45) is 3.46. The molecule has 0 spiro atoms. The van der Waals surface area contributed by atoms with E-state index in [4.69, 9.17) is 0 Å². The van der Waals surface area contributed by atoms with Crippen LogP contribution >= 0.6 is 11.8 Å². The Hall–Kier alpha value is -3.11. The van der Waals surface area contributed by atoms with E-state index in [2.05, 4.69) is 62.4 Å². The predicted molar refractivity (Wildman–Crippen MR) is 134 cm³/mol. The molecule has 4 rings (SSSR count). The highest BCUT2D eigenvalue weighted by Crippen LogP contribution is 2.36. The number of amides is 2. The van der Waals surface area contributed by atoms with E-state index in [1.54, 1.807) is 0 Å². The molecule has 0 aliphatic carbocycles. The van der Waals surface area contributed by atoms with Crippen LogP contribution in [-0.4, -0.2) is 16.4 Å². The van der Waals surface area contributed by atoms with Crippen molar-refractivity contribution in [2.24, 2.45) is 0 Å². The zero-order valence-electron chi connectivity index (χ0n) is 18.7. The number of aryl methyl sites for hydroxylation is 3. The zero-order chi connectivity index (χ0) is 22.7. The SMILES string of the molecule is Cc1cccc(C=C(Cc2cccc(C)c2)CC2SC(=O)N(c3cccc(C)c3)C2=O)c1. The Morgan fingerprint density at radius 3 is 2.22 bits per heavy atom. The molecule has 1 atom stereocenters. The topological polar surface area (TPSA) is 37.4 Å². The number of allylic oxidation sites excluding steroid dienone is 1. The molecule has 1 saturated heterocycles. The molecule has 1 fully saturated rings. The van der Waals surface area contributed by atoms with Gasteiger partial charge in [0.2, 0.25) is 5.91 Å². The van der Waals surface area contributed by atoms with Crippen LogP contribution in [0.15, 0.2) is 78.4 Å². The van der Waals surface area contributed by atoms with Crippen molar-refractivity contribution >= 4 is 34.7 Å². The number of carbonyl (C=O) groups excluding carboxylic acids is 2. The molecule has 1 aliphatic heterocycles. The number of hydrogen-bond donors (Lipinski definition) is 0. The second-order valence-corrected chi connectivity index (χ2v) is 9.63. The summed E-state index contributed by atoms with van der Waals surface area (Å²) in [5.41, 5.74) is 7.55. The van der Waals surface area contributed by atoms with Crippen LogP contribution in [0, 0.1) is 20.8 Å². The van der Waals surface area contributed by atoms with E-state index in [1.165, 1.54) is 21.6 Å². The fourth-order valence-electron chi connectivity index (χ4n) is 4.09. The first kappa shape index (κ1) is 22.1. The lowest BCUT2D eigenvalue weighted by Gasteiger charge is -2.16. The summed E-state index contributed by atoms with van der Waals surface area (Å²) >= 11 is 1.13. The van der Waals surface area contributed by atoms with E-state index in [0.29, 0.717) is 12.1 Å². The maximum Gasteiger partial charge on any atom is 0.293 e. The summed E-state index contributed by atoms with van der Waals surface area (Å²) in [7, 11) is 0. The number of thioether (sulfide) groups is 1. The number of anilines is 1. The van der Waals surface area contributed by atoms with Crippen LogP contribution in [0.4, 0.5) is 10.5 Å². The van der Waals surface area contributed by atoms with Gasteiger partial charge in [-0.05, 0) is 62.4 Å². The molecule has 2 amide bonds. The van der Waals surface area contributed by atoms with Gasteiger partial charge >= 0.3 is 0 Å². The highest BCUT2D eigenvalue weighted by molar-refractivity contribution is 8.15. The summed E-state index contributed by atoms with van der Waals surface area (Å²) in [6, 6.07) is 24.3. The summed E-state index contributed by atoms with van der Waals surface area (Å²) in [6.45, 7) is 6.12. The van der Waals surface area contributed by atoms with Gasteiger partial charge in [0.1, 0.15) is 0 Å². The van der Waals surface area contributed by atoms with Gasteiger partial charge < -0.3 is 0 Å². The first-order chi connectivity index (χ1) is 15.4. The van der Waals surface area contributed by atoms with Crippen LogP contribution in [0.25, 0.3) is 6.08 Å². The lowest BCUT2D eigenvalue weighted by atomic mass is 9.96. The minimum Gasteiger partial charge on any atom is -0.273 e. The fraction of sp³-hybridized carbons (Fsp3) is 0.214. The molecule has 3 aromatic carbocycles. The smallest absolute Gasteiger partial charge is 0.273 e. The molecule has 4 heteroatoms. The maximum absolute atomic E-state index is 13.2. The molecule has 1 unspecified atom stereocenters. The Balaban J connectivity index is 1.62. The van der Waals surface area contributed by atoms with Crippen molar-refractivity contribution in [2.45, 2.75) is 38.9 Å². The van der Waals surface area contributed by atoms with Crippen LogP contribution in [0.5, 0.6) is 0 Å². The monoisotopic (exact) mass is 441 g/mol. The molecule has 0 N–H and O–H groups in total. The van der Waals surface area contributed by atoms with Crippen molar-refractivity contribution in [3.8, 4) is 0 Å². The number of benzene rings is 3. The maximum atomic E-state index is 13.2. The van der Waals surface area contributed by atoms with Crippen LogP contribution in [0.3, 0.4) is 0 Å². The summed E-state index contributed by atoms with van der Waals surface area (Å²) < 4.78 is 0. The van der Waals surface area contributed by atoms with Gasteiger partial charge in [-0.3, -0.25) is 9.59 Å². The molecule has 3 aromatic rings. The van der Waals surface area contributed by atoms with E-state index >= 15 is 0 Å². The third-order valence-corrected chi connectivity index (χ3v) is 6.59. The molecule has 0 aromatic heterocycles. The average molecular weight is 442 g/mol. The predicted octanol–water partition coefficient (Wildman–Crippen LogP) is 6.90. The standard InChI is InChI=1S/C28H27NO2S/c1-19-7-4-10-22(13-19)16-24(17-23-11-5-8-20(2)14-23)18-26-27(30)29(28(31)32-26)25-12-6-9-21(3)15-25/h4-16,26H,17-18H2,1-3H3. The van der Waals surface area contributed by atoms with Crippen molar-refractivity contribution in [2.75, 3.05) is 4.90 Å². The molecule has 1 heterocycles. The Morgan fingerprint density at radius 1 is 0.875 bits per heavy atom. The third kappa shape index (κ3) is 5.20. The lowest BCUT2D eigenvalue weighted by Crippen LogP contribution is -2.31. The highest BCUT2D eigenvalue weighted by Gasteiger charge is 2.40. The second kappa shape index (κ2) is 9.58. The summed E-state index contributed by atoms with van der Waals surface area (Å²) in [4.78, 5) is 27.3. The molecule has 162 valence electrons. The molecule has 3 nitrogen and oxygen atoms in total. The quantitative estimate of drug-likeness (QED) is 0.418. The molecule has 0 saturated carbocycles. The first-order valence-electron chi connectivity index (χ1n) is 10.8. The molecular weight excluding hydrogens is 414 g/mol. The normalized spacial score (nSPS) is 16.7. The highest BCUT2D eigenvalue weighted by atomic mass is 32.2. The van der Waals surface area contributed by atoms with Gasteiger partial charge in [-0.15, -0.1) is 0 Å². The molecule has 32 heavy (non-hydrogen) atoms. The van der Waals surface area contributed by atoms with Crippen LogP contribution in [0.1, 0.15) is 34.2 Å². The third-order valence-electron chi connectivity index (χ3n) is 5.56. The zero-order valence-corrected chi connectivity index (χ0v) is 19.5. The largest absolute Gasteiger partial charge is 0.293 e. The van der Waals surface area contributed by atoms with E-state index in [9.17, 15) is 9.59 Å². The Morgan fingerprint density at radius 2 is 1.53 bits per heavy atom. The van der Waals surface area contributed by atoms with Crippen molar-refractivity contribution in [1.29, 1.82) is 0 Å². The van der Waals surface area contributed by atoms with Gasteiger partial charge in [-0.1, -0.05) is 95.2 Å². The molecular formula is C28H27NO2S. The summed E-state index contributed by atoms with van der Waals surface area (Å²) in [5, 5.41) is -0.611. The number of rotatable bonds is 6. The lowest BCUT2D eigenvalue weighted by molar-refractivity contribution is -0.117. The van der Waals surface area contributed by atoms with Crippen molar-refractivity contribution < 1.29 is 9.59 Å². The first-order valence-corrected chi connectivity index (χ1v) is 11.7. The van der Waals surface area contributed by atoms with Crippen LogP contribution in [0.2, 0.25) is 0 Å². The van der Waals surface area contributed by atoms with Crippen LogP contribution in [-0.2, 0) is 11.2 Å².